The van der Waals surface area contributed by atoms with E-state index >= 15 is 0 Å². The number of likely N-dealkylation sites (N-methyl/N-ethyl adjacent to an activating group) is 1. The maximum atomic E-state index is 12.5. The Kier molecular flexibility index (Phi) is 3.78. The lowest BCUT2D eigenvalue weighted by Gasteiger charge is -2.29. The van der Waals surface area contributed by atoms with Crippen LogP contribution < -0.4 is 0 Å². The number of piperidine rings is 1. The van der Waals surface area contributed by atoms with E-state index < -0.39 is 0 Å². The third-order valence-corrected chi connectivity index (χ3v) is 4.38. The van der Waals surface area contributed by atoms with Crippen LogP contribution in [0, 0.1) is 5.92 Å². The third-order valence-electron chi connectivity index (χ3n) is 4.38. The standard InChI is InChI=1S/C15H23N3O2/c1-3-17-8-6-13-12(10-17)16-14(20-13)15(19)18-7-4-5-11(2)9-18/h11H,3-10H2,1-2H3/t11-/m0/s1. The van der Waals surface area contributed by atoms with E-state index in [1.807, 2.05) is 4.90 Å². The summed E-state index contributed by atoms with van der Waals surface area (Å²) in [5.41, 5.74) is 0.950. The number of likely N-dealkylation sites (tertiary alicyclic amines) is 1. The van der Waals surface area contributed by atoms with Gasteiger partial charge in [-0.25, -0.2) is 4.98 Å². The number of oxazole rings is 1. The first-order valence-electron chi connectivity index (χ1n) is 7.67. The highest BCUT2D eigenvalue weighted by Gasteiger charge is 2.28. The van der Waals surface area contributed by atoms with Crippen molar-refractivity contribution in [1.82, 2.24) is 14.8 Å². The van der Waals surface area contributed by atoms with Crippen LogP contribution in [0.15, 0.2) is 4.42 Å². The molecule has 1 aromatic heterocycles. The summed E-state index contributed by atoms with van der Waals surface area (Å²) in [6.45, 7) is 8.81. The molecule has 1 saturated heterocycles. The topological polar surface area (TPSA) is 49.6 Å². The SMILES string of the molecule is CCN1CCc2oc(C(=O)N3CCC[C@H](C)C3)nc2C1. The molecule has 3 heterocycles. The molecule has 0 bridgehead atoms. The first-order chi connectivity index (χ1) is 9.67. The lowest BCUT2D eigenvalue weighted by atomic mass is 10.0. The fourth-order valence-corrected chi connectivity index (χ4v) is 3.12. The maximum absolute atomic E-state index is 12.5. The number of aromatic nitrogens is 1. The number of nitrogens with zero attached hydrogens (tertiary/aromatic N) is 3. The summed E-state index contributed by atoms with van der Waals surface area (Å²) in [5, 5.41) is 0. The second kappa shape index (κ2) is 5.56. The van der Waals surface area contributed by atoms with E-state index in [1.54, 1.807) is 0 Å². The Morgan fingerprint density at radius 2 is 2.30 bits per heavy atom. The van der Waals surface area contributed by atoms with Crippen LogP contribution in [0.3, 0.4) is 0 Å². The number of carbonyl (C=O) groups is 1. The van der Waals surface area contributed by atoms with E-state index in [1.165, 1.54) is 6.42 Å². The lowest BCUT2D eigenvalue weighted by molar-refractivity contribution is 0.0640. The van der Waals surface area contributed by atoms with Crippen LogP contribution >= 0.6 is 0 Å². The van der Waals surface area contributed by atoms with Crippen molar-refractivity contribution in [1.29, 1.82) is 0 Å². The van der Waals surface area contributed by atoms with Gasteiger partial charge in [0.15, 0.2) is 0 Å². The van der Waals surface area contributed by atoms with Crippen LogP contribution in [0.5, 0.6) is 0 Å². The largest absolute Gasteiger partial charge is 0.437 e. The predicted molar refractivity (Wildman–Crippen MR) is 75.5 cm³/mol. The van der Waals surface area contributed by atoms with Gasteiger partial charge in [-0.05, 0) is 25.3 Å². The van der Waals surface area contributed by atoms with Crippen molar-refractivity contribution >= 4 is 5.91 Å². The van der Waals surface area contributed by atoms with Gasteiger partial charge < -0.3 is 9.32 Å². The van der Waals surface area contributed by atoms with Crippen LogP contribution in [0.4, 0.5) is 0 Å². The summed E-state index contributed by atoms with van der Waals surface area (Å²) in [6, 6.07) is 0. The predicted octanol–water partition coefficient (Wildman–Crippen LogP) is 1.92. The van der Waals surface area contributed by atoms with Crippen molar-refractivity contribution in [3.63, 3.8) is 0 Å². The molecule has 1 atom stereocenters. The van der Waals surface area contributed by atoms with Crippen LogP contribution in [0.2, 0.25) is 0 Å². The maximum Gasteiger partial charge on any atom is 0.309 e. The van der Waals surface area contributed by atoms with Crippen LogP contribution in [0.25, 0.3) is 0 Å². The molecule has 0 N–H and O–H groups in total. The Morgan fingerprint density at radius 3 is 3.05 bits per heavy atom. The normalized spacial score (nSPS) is 23.7. The van der Waals surface area contributed by atoms with Crippen LogP contribution in [-0.4, -0.2) is 46.9 Å². The molecule has 1 aromatic rings. The number of rotatable bonds is 2. The smallest absolute Gasteiger partial charge is 0.309 e. The van der Waals surface area contributed by atoms with E-state index in [-0.39, 0.29) is 5.91 Å². The second-order valence-electron chi connectivity index (χ2n) is 6.01. The molecule has 1 amide bonds. The monoisotopic (exact) mass is 277 g/mol. The molecule has 5 nitrogen and oxygen atoms in total. The Morgan fingerprint density at radius 1 is 1.45 bits per heavy atom. The molecule has 1 fully saturated rings. The van der Waals surface area contributed by atoms with Crippen LogP contribution in [-0.2, 0) is 13.0 Å². The Bertz CT molecular complexity index is 497. The summed E-state index contributed by atoms with van der Waals surface area (Å²) < 4.78 is 5.72. The third kappa shape index (κ3) is 2.59. The minimum absolute atomic E-state index is 0.0333. The van der Waals surface area contributed by atoms with Crippen molar-refractivity contribution in [3.8, 4) is 0 Å². The Hall–Kier alpha value is -1.36. The van der Waals surface area contributed by atoms with E-state index in [2.05, 4.69) is 23.7 Å². The molecule has 110 valence electrons. The van der Waals surface area contributed by atoms with E-state index in [9.17, 15) is 4.79 Å². The van der Waals surface area contributed by atoms with Crippen molar-refractivity contribution in [3.05, 3.63) is 17.3 Å². The highest BCUT2D eigenvalue weighted by Crippen LogP contribution is 2.22. The molecule has 0 aliphatic carbocycles. The van der Waals surface area contributed by atoms with Crippen molar-refractivity contribution in [2.45, 2.75) is 39.7 Å². The molecule has 0 radical (unpaired) electrons. The van der Waals surface area contributed by atoms with Gasteiger partial charge in [0.2, 0.25) is 0 Å². The molecule has 0 aromatic carbocycles. The summed E-state index contributed by atoms with van der Waals surface area (Å²) in [4.78, 5) is 21.1. The van der Waals surface area contributed by atoms with Crippen molar-refractivity contribution < 1.29 is 9.21 Å². The van der Waals surface area contributed by atoms with Gasteiger partial charge in [0.05, 0.1) is 5.69 Å². The van der Waals surface area contributed by atoms with E-state index in [4.69, 9.17) is 4.42 Å². The van der Waals surface area contributed by atoms with Gasteiger partial charge in [0.25, 0.3) is 5.89 Å². The number of amides is 1. The lowest BCUT2D eigenvalue weighted by Crippen LogP contribution is -2.39. The van der Waals surface area contributed by atoms with Gasteiger partial charge in [0, 0.05) is 32.6 Å². The number of fused-ring (bicyclic) bond motifs is 1. The minimum Gasteiger partial charge on any atom is -0.437 e. The fourth-order valence-electron chi connectivity index (χ4n) is 3.12. The Balaban J connectivity index is 1.74. The van der Waals surface area contributed by atoms with Gasteiger partial charge >= 0.3 is 5.91 Å². The molecular weight excluding hydrogens is 254 g/mol. The number of carbonyl (C=O) groups excluding carboxylic acids is 1. The average molecular weight is 277 g/mol. The number of hydrogen-bond acceptors (Lipinski definition) is 4. The summed E-state index contributed by atoms with van der Waals surface area (Å²) >= 11 is 0. The van der Waals surface area contributed by atoms with E-state index in [0.717, 1.165) is 57.0 Å². The minimum atomic E-state index is -0.0333. The molecular formula is C15H23N3O2. The zero-order chi connectivity index (χ0) is 14.1. The zero-order valence-electron chi connectivity index (χ0n) is 12.4. The highest BCUT2D eigenvalue weighted by atomic mass is 16.4. The summed E-state index contributed by atoms with van der Waals surface area (Å²) in [7, 11) is 0. The molecule has 20 heavy (non-hydrogen) atoms. The fraction of sp³-hybridized carbons (Fsp3) is 0.733. The first-order valence-corrected chi connectivity index (χ1v) is 7.67. The first kappa shape index (κ1) is 13.6. The van der Waals surface area contributed by atoms with Gasteiger partial charge in [-0.2, -0.15) is 0 Å². The molecule has 0 spiro atoms. The Labute approximate surface area is 119 Å². The van der Waals surface area contributed by atoms with Gasteiger partial charge in [-0.1, -0.05) is 13.8 Å². The summed E-state index contributed by atoms with van der Waals surface area (Å²) in [6.07, 6.45) is 3.15. The molecule has 0 saturated carbocycles. The van der Waals surface area contributed by atoms with Crippen molar-refractivity contribution in [2.24, 2.45) is 5.92 Å². The van der Waals surface area contributed by atoms with Crippen LogP contribution in [0.1, 0.15) is 48.8 Å². The molecule has 0 unspecified atom stereocenters. The average Bonchev–Trinajstić information content (AvgIpc) is 2.89. The summed E-state index contributed by atoms with van der Waals surface area (Å²) in [5.74, 6) is 1.74. The second-order valence-corrected chi connectivity index (χ2v) is 6.01. The van der Waals surface area contributed by atoms with Gasteiger partial charge in [-0.15, -0.1) is 0 Å². The molecule has 2 aliphatic rings. The van der Waals surface area contributed by atoms with Gasteiger partial charge in [-0.3, -0.25) is 9.69 Å². The molecule has 5 heteroatoms. The molecule has 3 rings (SSSR count). The van der Waals surface area contributed by atoms with Crippen molar-refractivity contribution in [2.75, 3.05) is 26.2 Å². The quantitative estimate of drug-likeness (QED) is 0.829. The van der Waals surface area contributed by atoms with E-state index in [0.29, 0.717) is 11.8 Å². The highest BCUT2D eigenvalue weighted by molar-refractivity contribution is 5.89. The molecule has 2 aliphatic heterocycles. The zero-order valence-corrected chi connectivity index (χ0v) is 12.4. The van der Waals surface area contributed by atoms with Gasteiger partial charge in [0.1, 0.15) is 5.76 Å². The number of hydrogen-bond donors (Lipinski definition) is 0.